The summed E-state index contributed by atoms with van der Waals surface area (Å²) in [6.07, 6.45) is 0. The number of benzene rings is 4. The van der Waals surface area contributed by atoms with Crippen molar-refractivity contribution in [1.29, 1.82) is 0 Å². The first-order chi connectivity index (χ1) is 15.3. The molecule has 0 aliphatic heterocycles. The molecule has 0 aliphatic carbocycles. The van der Waals surface area contributed by atoms with E-state index in [4.69, 9.17) is 4.74 Å². The van der Waals surface area contributed by atoms with E-state index >= 15 is 0 Å². The minimum atomic E-state index is 0.684. The number of para-hydroxylation sites is 4. The monoisotopic (exact) mass is 409 g/mol. The van der Waals surface area contributed by atoms with Crippen LogP contribution in [0.25, 0.3) is 0 Å². The summed E-state index contributed by atoms with van der Waals surface area (Å²) in [4.78, 5) is 4.64. The third-order valence-electron chi connectivity index (χ3n) is 4.12. The van der Waals surface area contributed by atoms with E-state index in [0.717, 1.165) is 29.4 Å². The van der Waals surface area contributed by atoms with Crippen molar-refractivity contribution in [3.63, 3.8) is 0 Å². The lowest BCUT2D eigenvalue weighted by molar-refractivity contribution is 0.340. The summed E-state index contributed by atoms with van der Waals surface area (Å²) >= 11 is 0. The zero-order valence-electron chi connectivity index (χ0n) is 17.6. The molecule has 0 saturated carbocycles. The van der Waals surface area contributed by atoms with Crippen molar-refractivity contribution in [2.45, 2.75) is 6.92 Å². The Hall–Kier alpha value is -4.05. The lowest BCUT2D eigenvalue weighted by Crippen LogP contribution is -2.21. The normalized spacial score (nSPS) is 9.58. The number of hydrogen-bond donors (Lipinski definition) is 2. The Morgan fingerprint density at radius 2 is 1.03 bits per heavy atom. The standard InChI is InChI=1S/C19H17N3.C8H10O/c1-4-10-16(11-5-1)20-19(21-17-12-6-2-7-13-17)22-18-14-8-3-9-15-18;1-2-9-8-6-4-3-5-7-8/h1-15H,(H2,20,21,22);3-7H,2H2,1H3. The molecule has 0 aliphatic rings. The molecule has 2 N–H and O–H groups in total. The molecular formula is C27H27N3O. The molecule has 0 unspecified atom stereocenters. The number of guanidine groups is 1. The molecule has 4 heteroatoms. The highest BCUT2D eigenvalue weighted by atomic mass is 16.5. The van der Waals surface area contributed by atoms with E-state index in [-0.39, 0.29) is 0 Å². The summed E-state index contributed by atoms with van der Waals surface area (Å²) < 4.78 is 5.21. The summed E-state index contributed by atoms with van der Waals surface area (Å²) in [5.41, 5.74) is 2.87. The molecular weight excluding hydrogens is 382 g/mol. The molecule has 4 rings (SSSR count). The van der Waals surface area contributed by atoms with Crippen LogP contribution < -0.4 is 15.4 Å². The third-order valence-corrected chi connectivity index (χ3v) is 4.12. The highest BCUT2D eigenvalue weighted by Gasteiger charge is 2.01. The van der Waals surface area contributed by atoms with Crippen molar-refractivity contribution < 1.29 is 4.74 Å². The molecule has 4 aromatic carbocycles. The molecule has 0 heterocycles. The van der Waals surface area contributed by atoms with Crippen molar-refractivity contribution in [3.8, 4) is 5.75 Å². The number of rotatable bonds is 5. The first kappa shape index (κ1) is 21.7. The first-order valence-corrected chi connectivity index (χ1v) is 10.3. The zero-order chi connectivity index (χ0) is 21.6. The van der Waals surface area contributed by atoms with Gasteiger partial charge in [-0.3, -0.25) is 0 Å². The maximum atomic E-state index is 5.21. The summed E-state index contributed by atoms with van der Waals surface area (Å²) in [6.45, 7) is 2.72. The molecule has 0 saturated heterocycles. The van der Waals surface area contributed by atoms with Crippen LogP contribution in [0.4, 0.5) is 17.1 Å². The molecule has 4 nitrogen and oxygen atoms in total. The number of anilines is 2. The van der Waals surface area contributed by atoms with Crippen LogP contribution >= 0.6 is 0 Å². The van der Waals surface area contributed by atoms with E-state index in [1.54, 1.807) is 0 Å². The fraction of sp³-hybridized carbons (Fsp3) is 0.0741. The molecule has 0 amide bonds. The van der Waals surface area contributed by atoms with Gasteiger partial charge in [-0.1, -0.05) is 72.8 Å². The lowest BCUT2D eigenvalue weighted by Gasteiger charge is -2.12. The SMILES string of the molecule is CCOc1ccccc1.c1ccc(N=C(Nc2ccccc2)Nc2ccccc2)cc1. The largest absolute Gasteiger partial charge is 0.494 e. The van der Waals surface area contributed by atoms with Crippen molar-refractivity contribution in [1.82, 2.24) is 0 Å². The van der Waals surface area contributed by atoms with E-state index < -0.39 is 0 Å². The predicted molar refractivity (Wildman–Crippen MR) is 131 cm³/mol. The second kappa shape index (κ2) is 12.5. The van der Waals surface area contributed by atoms with Gasteiger partial charge >= 0.3 is 0 Å². The van der Waals surface area contributed by atoms with Gasteiger partial charge < -0.3 is 15.4 Å². The van der Waals surface area contributed by atoms with Gasteiger partial charge in [0.1, 0.15) is 5.75 Å². The molecule has 0 bridgehead atoms. The Balaban J connectivity index is 0.000000254. The molecule has 0 spiro atoms. The predicted octanol–water partition coefficient (Wildman–Crippen LogP) is 6.98. The van der Waals surface area contributed by atoms with Crippen LogP contribution in [-0.2, 0) is 0 Å². The van der Waals surface area contributed by atoms with Gasteiger partial charge in [-0.2, -0.15) is 0 Å². The molecule has 4 aromatic rings. The smallest absolute Gasteiger partial charge is 0.205 e. The molecule has 0 radical (unpaired) electrons. The lowest BCUT2D eigenvalue weighted by atomic mass is 10.3. The van der Waals surface area contributed by atoms with Crippen molar-refractivity contribution in [2.24, 2.45) is 4.99 Å². The van der Waals surface area contributed by atoms with Crippen LogP contribution in [-0.4, -0.2) is 12.6 Å². The van der Waals surface area contributed by atoms with Gasteiger partial charge in [0.25, 0.3) is 0 Å². The molecule has 31 heavy (non-hydrogen) atoms. The van der Waals surface area contributed by atoms with Crippen LogP contribution in [0.15, 0.2) is 126 Å². The Labute approximate surface area is 184 Å². The van der Waals surface area contributed by atoms with Gasteiger partial charge in [0, 0.05) is 11.4 Å². The Kier molecular flexibility index (Phi) is 8.73. The van der Waals surface area contributed by atoms with E-state index in [1.165, 1.54) is 0 Å². The maximum absolute atomic E-state index is 5.21. The van der Waals surface area contributed by atoms with Crippen molar-refractivity contribution in [3.05, 3.63) is 121 Å². The number of nitrogens with one attached hydrogen (secondary N) is 2. The fourth-order valence-electron chi connectivity index (χ4n) is 2.72. The van der Waals surface area contributed by atoms with Gasteiger partial charge in [-0.05, 0) is 55.5 Å². The van der Waals surface area contributed by atoms with Gasteiger partial charge in [0.15, 0.2) is 0 Å². The van der Waals surface area contributed by atoms with Gasteiger partial charge in [0.2, 0.25) is 5.96 Å². The van der Waals surface area contributed by atoms with E-state index in [0.29, 0.717) is 5.96 Å². The topological polar surface area (TPSA) is 45.6 Å². The minimum absolute atomic E-state index is 0.684. The van der Waals surface area contributed by atoms with Crippen LogP contribution in [0.3, 0.4) is 0 Å². The van der Waals surface area contributed by atoms with E-state index in [2.05, 4.69) is 15.6 Å². The Morgan fingerprint density at radius 1 is 0.613 bits per heavy atom. The average Bonchev–Trinajstić information content (AvgIpc) is 2.82. The van der Waals surface area contributed by atoms with Crippen molar-refractivity contribution >= 4 is 23.0 Å². The first-order valence-electron chi connectivity index (χ1n) is 10.3. The third kappa shape index (κ3) is 8.07. The molecule has 0 aromatic heterocycles. The van der Waals surface area contributed by atoms with E-state index in [1.807, 2.05) is 128 Å². The van der Waals surface area contributed by atoms with Crippen LogP contribution in [0.1, 0.15) is 6.92 Å². The molecule has 0 fully saturated rings. The second-order valence-electron chi connectivity index (χ2n) is 6.52. The Bertz CT molecular complexity index is 978. The molecule has 156 valence electrons. The summed E-state index contributed by atoms with van der Waals surface area (Å²) in [6, 6.07) is 39.6. The van der Waals surface area contributed by atoms with Crippen LogP contribution in [0, 0.1) is 0 Å². The fourth-order valence-corrected chi connectivity index (χ4v) is 2.72. The van der Waals surface area contributed by atoms with E-state index in [9.17, 15) is 0 Å². The van der Waals surface area contributed by atoms with Crippen LogP contribution in [0.2, 0.25) is 0 Å². The number of hydrogen-bond acceptors (Lipinski definition) is 2. The van der Waals surface area contributed by atoms with Gasteiger partial charge in [0.05, 0.1) is 12.3 Å². The Morgan fingerprint density at radius 3 is 1.48 bits per heavy atom. The van der Waals surface area contributed by atoms with Crippen molar-refractivity contribution in [2.75, 3.05) is 17.2 Å². The highest BCUT2D eigenvalue weighted by Crippen LogP contribution is 2.14. The second-order valence-corrected chi connectivity index (χ2v) is 6.52. The molecule has 0 atom stereocenters. The quantitative estimate of drug-likeness (QED) is 0.276. The van der Waals surface area contributed by atoms with Crippen LogP contribution in [0.5, 0.6) is 5.75 Å². The maximum Gasteiger partial charge on any atom is 0.205 e. The summed E-state index contributed by atoms with van der Waals surface area (Å²) in [5, 5.41) is 6.63. The average molecular weight is 410 g/mol. The van der Waals surface area contributed by atoms with Gasteiger partial charge in [-0.25, -0.2) is 4.99 Å². The number of aliphatic imine (C=N–C) groups is 1. The summed E-state index contributed by atoms with van der Waals surface area (Å²) in [5.74, 6) is 1.63. The minimum Gasteiger partial charge on any atom is -0.494 e. The van der Waals surface area contributed by atoms with Gasteiger partial charge in [-0.15, -0.1) is 0 Å². The zero-order valence-corrected chi connectivity index (χ0v) is 17.6. The number of ether oxygens (including phenoxy) is 1. The summed E-state index contributed by atoms with van der Waals surface area (Å²) in [7, 11) is 0. The number of nitrogens with zero attached hydrogens (tertiary/aromatic N) is 1. The highest BCUT2D eigenvalue weighted by molar-refractivity contribution is 6.04.